The molecule has 0 aliphatic heterocycles. The Balaban J connectivity index is 1.46. The van der Waals surface area contributed by atoms with Crippen LogP contribution in [0.5, 0.6) is 0 Å². The van der Waals surface area contributed by atoms with Crippen molar-refractivity contribution in [2.45, 2.75) is 17.7 Å². The molecule has 0 atom stereocenters. The smallest absolute Gasteiger partial charge is 0.234 e. The van der Waals surface area contributed by atoms with E-state index in [0.717, 1.165) is 16.1 Å². The highest BCUT2D eigenvalue weighted by atomic mass is 32.2. The molecule has 0 bridgehead atoms. The average Bonchev–Trinajstić information content (AvgIpc) is 3.25. The van der Waals surface area contributed by atoms with Crippen LogP contribution < -0.4 is 10.6 Å². The van der Waals surface area contributed by atoms with Gasteiger partial charge in [-0.15, -0.1) is 21.5 Å². The Morgan fingerprint density at radius 2 is 2.00 bits per heavy atom. The van der Waals surface area contributed by atoms with Crippen LogP contribution in [0.3, 0.4) is 0 Å². The van der Waals surface area contributed by atoms with E-state index >= 15 is 0 Å². The molecule has 2 heterocycles. The number of aromatic nitrogens is 2. The molecule has 6 nitrogen and oxygen atoms in total. The maximum Gasteiger partial charge on any atom is 0.234 e. The van der Waals surface area contributed by atoms with Crippen LogP contribution in [0.4, 0.5) is 10.8 Å². The lowest BCUT2D eigenvalue weighted by Crippen LogP contribution is -2.13. The van der Waals surface area contributed by atoms with Gasteiger partial charge in [0.2, 0.25) is 16.9 Å². The van der Waals surface area contributed by atoms with E-state index in [1.165, 1.54) is 34.4 Å². The predicted octanol–water partition coefficient (Wildman–Crippen LogP) is 3.82. The van der Waals surface area contributed by atoms with Crippen molar-refractivity contribution in [1.29, 1.82) is 0 Å². The first-order valence-electron chi connectivity index (χ1n) is 7.73. The Labute approximate surface area is 163 Å². The summed E-state index contributed by atoms with van der Waals surface area (Å²) in [4.78, 5) is 25.0. The molecule has 9 heteroatoms. The normalized spacial score (nSPS) is 10.5. The molecule has 2 N–H and O–H groups in total. The van der Waals surface area contributed by atoms with Gasteiger partial charge in [0, 0.05) is 10.6 Å². The first kappa shape index (κ1) is 18.6. The van der Waals surface area contributed by atoms with Crippen molar-refractivity contribution < 1.29 is 9.59 Å². The molecule has 26 heavy (non-hydrogen) atoms. The molecule has 2 aromatic heterocycles. The molecular weight excluding hydrogens is 388 g/mol. The third-order valence-electron chi connectivity index (χ3n) is 3.20. The maximum atomic E-state index is 12.0. The van der Waals surface area contributed by atoms with Crippen molar-refractivity contribution >= 4 is 57.1 Å². The minimum Gasteiger partial charge on any atom is -0.325 e. The van der Waals surface area contributed by atoms with Gasteiger partial charge in [0.15, 0.2) is 4.34 Å². The number of aryl methyl sites for hydroxylation is 1. The molecule has 0 aliphatic carbocycles. The molecular formula is C17H16N4O2S3. The number of thioether (sulfide) groups is 1. The molecule has 0 spiro atoms. The lowest BCUT2D eigenvalue weighted by Gasteiger charge is -2.04. The van der Waals surface area contributed by atoms with Crippen molar-refractivity contribution in [3.63, 3.8) is 0 Å². The molecule has 1 aromatic carbocycles. The lowest BCUT2D eigenvalue weighted by molar-refractivity contribution is -0.115. The molecule has 134 valence electrons. The molecule has 0 fully saturated rings. The number of thiophene rings is 1. The fourth-order valence-electron chi connectivity index (χ4n) is 2.10. The molecule has 0 radical (unpaired) electrons. The van der Waals surface area contributed by atoms with E-state index in [2.05, 4.69) is 20.8 Å². The monoisotopic (exact) mass is 404 g/mol. The van der Waals surface area contributed by atoms with E-state index in [1.807, 2.05) is 48.7 Å². The number of hydrogen-bond donors (Lipinski definition) is 2. The van der Waals surface area contributed by atoms with Gasteiger partial charge in [0.1, 0.15) is 0 Å². The highest BCUT2D eigenvalue weighted by molar-refractivity contribution is 8.01. The average molecular weight is 405 g/mol. The Morgan fingerprint density at radius 3 is 2.77 bits per heavy atom. The van der Waals surface area contributed by atoms with Gasteiger partial charge in [-0.1, -0.05) is 41.3 Å². The predicted molar refractivity (Wildman–Crippen MR) is 107 cm³/mol. The first-order chi connectivity index (χ1) is 12.6. The highest BCUT2D eigenvalue weighted by Gasteiger charge is 2.11. The number of carbonyl (C=O) groups is 2. The van der Waals surface area contributed by atoms with Gasteiger partial charge >= 0.3 is 0 Å². The lowest BCUT2D eigenvalue weighted by atomic mass is 10.2. The Kier molecular flexibility index (Phi) is 6.37. The van der Waals surface area contributed by atoms with Gasteiger partial charge in [0.05, 0.1) is 12.2 Å². The molecule has 0 saturated heterocycles. The number of rotatable bonds is 7. The van der Waals surface area contributed by atoms with Crippen LogP contribution in [0.2, 0.25) is 0 Å². The summed E-state index contributed by atoms with van der Waals surface area (Å²) in [5, 5.41) is 15.9. The Bertz CT molecular complexity index is 893. The van der Waals surface area contributed by atoms with E-state index in [0.29, 0.717) is 15.9 Å². The van der Waals surface area contributed by atoms with Crippen LogP contribution in [0, 0.1) is 6.92 Å². The van der Waals surface area contributed by atoms with Gasteiger partial charge in [-0.3, -0.25) is 9.59 Å². The van der Waals surface area contributed by atoms with Crippen molar-refractivity contribution in [2.24, 2.45) is 0 Å². The summed E-state index contributed by atoms with van der Waals surface area (Å²) in [5.74, 6) is -0.0115. The van der Waals surface area contributed by atoms with Gasteiger partial charge in [-0.25, -0.2) is 0 Å². The zero-order valence-electron chi connectivity index (χ0n) is 13.9. The number of anilines is 2. The van der Waals surface area contributed by atoms with E-state index in [9.17, 15) is 9.59 Å². The SMILES string of the molecule is Cc1cccc(NC(=O)CSc2nnc(NC(=O)Cc3cccs3)s2)c1. The third-order valence-corrected chi connectivity index (χ3v) is 6.04. The summed E-state index contributed by atoms with van der Waals surface area (Å²) < 4.78 is 0.635. The van der Waals surface area contributed by atoms with E-state index < -0.39 is 0 Å². The highest BCUT2D eigenvalue weighted by Crippen LogP contribution is 2.26. The molecule has 3 rings (SSSR count). The Morgan fingerprint density at radius 1 is 1.12 bits per heavy atom. The quantitative estimate of drug-likeness (QED) is 0.462. The van der Waals surface area contributed by atoms with Crippen LogP contribution in [0.25, 0.3) is 0 Å². The second-order valence-electron chi connectivity index (χ2n) is 5.38. The van der Waals surface area contributed by atoms with Crippen molar-refractivity contribution in [3.05, 3.63) is 52.2 Å². The number of nitrogens with zero attached hydrogens (tertiary/aromatic N) is 2. The molecule has 3 aromatic rings. The minimum atomic E-state index is -0.127. The number of carbonyl (C=O) groups excluding carboxylic acids is 2. The number of amides is 2. The molecule has 2 amide bonds. The molecule has 0 unspecified atom stereocenters. The summed E-state index contributed by atoms with van der Waals surface area (Å²) >= 11 is 4.08. The zero-order chi connectivity index (χ0) is 18.4. The van der Waals surface area contributed by atoms with Crippen molar-refractivity contribution in [2.75, 3.05) is 16.4 Å². The van der Waals surface area contributed by atoms with Crippen LogP contribution >= 0.6 is 34.4 Å². The summed E-state index contributed by atoms with van der Waals surface area (Å²) in [6.45, 7) is 1.97. The summed E-state index contributed by atoms with van der Waals surface area (Å²) in [6.07, 6.45) is 0.318. The third kappa shape index (κ3) is 5.65. The van der Waals surface area contributed by atoms with Crippen LogP contribution in [0.15, 0.2) is 46.1 Å². The fraction of sp³-hybridized carbons (Fsp3) is 0.176. The standard InChI is InChI=1S/C17H16N4O2S3/c1-11-4-2-5-12(8-11)18-15(23)10-25-17-21-20-16(26-17)19-14(22)9-13-6-3-7-24-13/h2-8H,9-10H2,1H3,(H,18,23)(H,19,20,22). The molecule has 0 aliphatic rings. The topological polar surface area (TPSA) is 84.0 Å². The van der Waals surface area contributed by atoms with Crippen LogP contribution in [-0.4, -0.2) is 27.8 Å². The maximum absolute atomic E-state index is 12.0. The van der Waals surface area contributed by atoms with E-state index in [4.69, 9.17) is 0 Å². The summed E-state index contributed by atoms with van der Waals surface area (Å²) in [6, 6.07) is 11.5. The van der Waals surface area contributed by atoms with E-state index in [-0.39, 0.29) is 17.6 Å². The number of nitrogens with one attached hydrogen (secondary N) is 2. The van der Waals surface area contributed by atoms with Gasteiger partial charge in [-0.05, 0) is 36.1 Å². The largest absolute Gasteiger partial charge is 0.325 e. The summed E-state index contributed by atoms with van der Waals surface area (Å²) in [7, 11) is 0. The first-order valence-corrected chi connectivity index (χ1v) is 10.4. The Hall–Kier alpha value is -2.23. The van der Waals surface area contributed by atoms with Gasteiger partial charge < -0.3 is 10.6 Å². The summed E-state index contributed by atoms with van der Waals surface area (Å²) in [5.41, 5.74) is 1.86. The van der Waals surface area contributed by atoms with Crippen molar-refractivity contribution in [1.82, 2.24) is 10.2 Å². The van der Waals surface area contributed by atoms with E-state index in [1.54, 1.807) is 0 Å². The minimum absolute atomic E-state index is 0.112. The van der Waals surface area contributed by atoms with Crippen molar-refractivity contribution in [3.8, 4) is 0 Å². The van der Waals surface area contributed by atoms with Crippen LogP contribution in [-0.2, 0) is 16.0 Å². The second kappa shape index (κ2) is 8.93. The number of benzene rings is 1. The molecule has 0 saturated carbocycles. The van der Waals surface area contributed by atoms with Gasteiger partial charge in [-0.2, -0.15) is 0 Å². The van der Waals surface area contributed by atoms with Gasteiger partial charge in [0.25, 0.3) is 0 Å². The zero-order valence-corrected chi connectivity index (χ0v) is 16.3. The second-order valence-corrected chi connectivity index (χ2v) is 8.62. The number of hydrogen-bond acceptors (Lipinski definition) is 7. The fourth-order valence-corrected chi connectivity index (χ4v) is 4.37. The van der Waals surface area contributed by atoms with Crippen LogP contribution in [0.1, 0.15) is 10.4 Å².